The minimum absolute atomic E-state index is 0.120. The van der Waals surface area contributed by atoms with Crippen molar-refractivity contribution < 1.29 is 23.4 Å². The molecule has 1 heterocycles. The second-order valence-corrected chi connectivity index (χ2v) is 2.95. The van der Waals surface area contributed by atoms with Crippen molar-refractivity contribution in [3.05, 3.63) is 23.8 Å². The lowest BCUT2D eigenvalue weighted by Gasteiger charge is -2.25. The Balaban J connectivity index is 2.33. The minimum atomic E-state index is -0.995. The van der Waals surface area contributed by atoms with Crippen molar-refractivity contribution in [1.82, 2.24) is 0 Å². The van der Waals surface area contributed by atoms with Crippen molar-refractivity contribution in [2.45, 2.75) is 6.10 Å². The molecule has 1 aromatic carbocycles. The van der Waals surface area contributed by atoms with Gasteiger partial charge in [0.05, 0.1) is 6.61 Å². The molecule has 1 atom stereocenters. The van der Waals surface area contributed by atoms with E-state index in [1.165, 1.54) is 0 Å². The van der Waals surface area contributed by atoms with Crippen LogP contribution in [0.5, 0.6) is 11.5 Å². The molecule has 1 N–H and O–H groups in total. The summed E-state index contributed by atoms with van der Waals surface area (Å²) in [5.41, 5.74) is 0. The highest BCUT2D eigenvalue weighted by molar-refractivity contribution is 5.42. The van der Waals surface area contributed by atoms with Crippen LogP contribution in [0.3, 0.4) is 0 Å². The molecule has 0 saturated heterocycles. The third kappa shape index (κ3) is 1.50. The molecule has 3 nitrogen and oxygen atoms in total. The van der Waals surface area contributed by atoms with Gasteiger partial charge in [-0.05, 0) is 0 Å². The lowest BCUT2D eigenvalue weighted by molar-refractivity contribution is 0.0448. The van der Waals surface area contributed by atoms with Gasteiger partial charge in [0.25, 0.3) is 0 Å². The summed E-state index contributed by atoms with van der Waals surface area (Å²) in [4.78, 5) is 0. The van der Waals surface area contributed by atoms with Gasteiger partial charge < -0.3 is 14.6 Å². The molecule has 5 heteroatoms. The maximum absolute atomic E-state index is 12.8. The average molecular weight is 202 g/mol. The van der Waals surface area contributed by atoms with E-state index in [0.717, 1.165) is 12.1 Å². The van der Waals surface area contributed by atoms with Gasteiger partial charge in [0.15, 0.2) is 29.2 Å². The van der Waals surface area contributed by atoms with Crippen LogP contribution in [0.15, 0.2) is 12.1 Å². The Hall–Kier alpha value is -1.36. The van der Waals surface area contributed by atoms with Crippen molar-refractivity contribution in [2.75, 3.05) is 13.2 Å². The van der Waals surface area contributed by atoms with Gasteiger partial charge in [0.2, 0.25) is 0 Å². The van der Waals surface area contributed by atoms with Crippen molar-refractivity contribution in [2.24, 2.45) is 0 Å². The summed E-state index contributed by atoms with van der Waals surface area (Å²) in [5.74, 6) is -1.69. The Bertz CT molecular complexity index is 354. The molecule has 1 aliphatic heterocycles. The van der Waals surface area contributed by atoms with Crippen molar-refractivity contribution in [3.8, 4) is 11.5 Å². The number of halogens is 2. The highest BCUT2D eigenvalue weighted by atomic mass is 19.2. The first-order valence-electron chi connectivity index (χ1n) is 4.10. The molecule has 76 valence electrons. The summed E-state index contributed by atoms with van der Waals surface area (Å²) in [6, 6.07) is 1.84. The summed E-state index contributed by atoms with van der Waals surface area (Å²) in [6.07, 6.45) is -0.521. The van der Waals surface area contributed by atoms with Gasteiger partial charge in [-0.2, -0.15) is 0 Å². The van der Waals surface area contributed by atoms with Crippen molar-refractivity contribution in [1.29, 1.82) is 0 Å². The third-order valence-corrected chi connectivity index (χ3v) is 1.91. The first-order chi connectivity index (χ1) is 6.70. The number of aliphatic hydroxyl groups is 1. The van der Waals surface area contributed by atoms with Gasteiger partial charge in [0.1, 0.15) is 6.61 Å². The molecule has 0 radical (unpaired) electrons. The standard InChI is InChI=1S/C9H8F2O3/c10-6-1-8-9(2-7(6)11)14-5(3-12)4-13-8/h1-2,5,12H,3-4H2/t5-/m0/s1. The lowest BCUT2D eigenvalue weighted by Crippen LogP contribution is -2.32. The fourth-order valence-corrected chi connectivity index (χ4v) is 1.20. The number of ether oxygens (including phenoxy) is 2. The van der Waals surface area contributed by atoms with Crippen LogP contribution in [0.25, 0.3) is 0 Å². The van der Waals surface area contributed by atoms with Gasteiger partial charge in [-0.1, -0.05) is 0 Å². The predicted octanol–water partition coefficient (Wildman–Crippen LogP) is 1.10. The quantitative estimate of drug-likeness (QED) is 0.741. The number of hydrogen-bond donors (Lipinski definition) is 1. The van der Waals surface area contributed by atoms with E-state index in [4.69, 9.17) is 14.6 Å². The van der Waals surface area contributed by atoms with E-state index in [0.29, 0.717) is 0 Å². The number of benzene rings is 1. The fourth-order valence-electron chi connectivity index (χ4n) is 1.20. The number of rotatable bonds is 1. The summed E-state index contributed by atoms with van der Waals surface area (Å²) >= 11 is 0. The molecule has 14 heavy (non-hydrogen) atoms. The Labute approximate surface area is 78.9 Å². The van der Waals surface area contributed by atoms with Gasteiger partial charge in [-0.3, -0.25) is 0 Å². The number of hydrogen-bond acceptors (Lipinski definition) is 3. The van der Waals surface area contributed by atoms with E-state index in [-0.39, 0.29) is 24.7 Å². The van der Waals surface area contributed by atoms with Crippen LogP contribution < -0.4 is 9.47 Å². The van der Waals surface area contributed by atoms with E-state index in [2.05, 4.69) is 0 Å². The molecular weight excluding hydrogens is 194 g/mol. The van der Waals surface area contributed by atoms with Crippen LogP contribution in [0.1, 0.15) is 0 Å². The number of fused-ring (bicyclic) bond motifs is 1. The monoisotopic (exact) mass is 202 g/mol. The molecular formula is C9H8F2O3. The van der Waals surface area contributed by atoms with Gasteiger partial charge in [-0.15, -0.1) is 0 Å². The van der Waals surface area contributed by atoms with Crippen LogP contribution in [-0.4, -0.2) is 24.4 Å². The van der Waals surface area contributed by atoms with Gasteiger partial charge in [-0.25, -0.2) is 8.78 Å². The Kier molecular flexibility index (Phi) is 2.25. The molecule has 1 aliphatic rings. The van der Waals surface area contributed by atoms with Crippen LogP contribution in [-0.2, 0) is 0 Å². The van der Waals surface area contributed by atoms with E-state index < -0.39 is 17.7 Å². The molecule has 0 unspecified atom stereocenters. The Morgan fingerprint density at radius 1 is 1.29 bits per heavy atom. The van der Waals surface area contributed by atoms with E-state index in [1.807, 2.05) is 0 Å². The average Bonchev–Trinajstić information content (AvgIpc) is 2.19. The molecule has 0 aliphatic carbocycles. The molecule has 0 spiro atoms. The minimum Gasteiger partial charge on any atom is -0.486 e. The van der Waals surface area contributed by atoms with Crippen molar-refractivity contribution >= 4 is 0 Å². The fraction of sp³-hybridized carbons (Fsp3) is 0.333. The van der Waals surface area contributed by atoms with Crippen molar-refractivity contribution in [3.63, 3.8) is 0 Å². The Morgan fingerprint density at radius 2 is 1.93 bits per heavy atom. The Morgan fingerprint density at radius 3 is 2.57 bits per heavy atom. The second kappa shape index (κ2) is 3.42. The molecule has 1 aromatic rings. The largest absolute Gasteiger partial charge is 0.486 e. The topological polar surface area (TPSA) is 38.7 Å². The SMILES string of the molecule is OC[C@H]1COc2cc(F)c(F)cc2O1. The maximum atomic E-state index is 12.8. The van der Waals surface area contributed by atoms with Crippen LogP contribution in [0.2, 0.25) is 0 Å². The first-order valence-corrected chi connectivity index (χ1v) is 4.10. The van der Waals surface area contributed by atoms with Gasteiger partial charge in [0, 0.05) is 12.1 Å². The van der Waals surface area contributed by atoms with Crippen LogP contribution in [0.4, 0.5) is 8.78 Å². The predicted molar refractivity (Wildman–Crippen MR) is 43.4 cm³/mol. The summed E-state index contributed by atoms with van der Waals surface area (Å²) < 4.78 is 35.7. The zero-order valence-electron chi connectivity index (χ0n) is 7.17. The lowest BCUT2D eigenvalue weighted by atomic mass is 10.2. The van der Waals surface area contributed by atoms with Gasteiger partial charge >= 0.3 is 0 Å². The molecule has 0 aromatic heterocycles. The summed E-state index contributed by atoms with van der Waals surface area (Å²) in [5, 5.41) is 8.77. The molecule has 0 bridgehead atoms. The summed E-state index contributed by atoms with van der Waals surface area (Å²) in [7, 11) is 0. The molecule has 0 saturated carbocycles. The molecule has 0 amide bonds. The van der Waals surface area contributed by atoms with E-state index in [1.54, 1.807) is 0 Å². The normalized spacial score (nSPS) is 19.5. The summed E-state index contributed by atoms with van der Waals surface area (Å²) in [6.45, 7) is -0.0903. The van der Waals surface area contributed by atoms with Crippen LogP contribution >= 0.6 is 0 Å². The highest BCUT2D eigenvalue weighted by Gasteiger charge is 2.22. The molecule has 2 rings (SSSR count). The van der Waals surface area contributed by atoms with E-state index >= 15 is 0 Å². The second-order valence-electron chi connectivity index (χ2n) is 2.95. The zero-order chi connectivity index (χ0) is 10.1. The number of aliphatic hydroxyl groups excluding tert-OH is 1. The zero-order valence-corrected chi connectivity index (χ0v) is 7.17. The first kappa shape index (κ1) is 9.21. The highest BCUT2D eigenvalue weighted by Crippen LogP contribution is 2.33. The molecule has 0 fully saturated rings. The third-order valence-electron chi connectivity index (χ3n) is 1.91. The maximum Gasteiger partial charge on any atom is 0.165 e. The van der Waals surface area contributed by atoms with E-state index in [9.17, 15) is 8.78 Å². The smallest absolute Gasteiger partial charge is 0.165 e. The van der Waals surface area contributed by atoms with Crippen LogP contribution in [0, 0.1) is 11.6 Å².